The molecule has 0 aromatic heterocycles. The molecule has 0 bridgehead atoms. The molecule has 0 aromatic carbocycles. The summed E-state index contributed by atoms with van der Waals surface area (Å²) in [6, 6.07) is 0. The van der Waals surface area contributed by atoms with Crippen molar-refractivity contribution in [2.24, 2.45) is 17.6 Å². The highest BCUT2D eigenvalue weighted by Gasteiger charge is 2.34. The predicted molar refractivity (Wildman–Crippen MR) is 66.5 cm³/mol. The van der Waals surface area contributed by atoms with Gasteiger partial charge in [-0.3, -0.25) is 4.79 Å². The second-order valence-electron chi connectivity index (χ2n) is 5.04. The molecule has 100 valence electrons. The van der Waals surface area contributed by atoms with Gasteiger partial charge in [-0.1, -0.05) is 20.8 Å². The summed E-state index contributed by atoms with van der Waals surface area (Å²) >= 11 is 0. The highest BCUT2D eigenvalue weighted by Crippen LogP contribution is 2.15. The van der Waals surface area contributed by atoms with Crippen molar-refractivity contribution in [2.45, 2.75) is 46.1 Å². The molecular formula is C12H24N2O3. The van der Waals surface area contributed by atoms with E-state index in [0.717, 1.165) is 0 Å². The average Bonchev–Trinajstić information content (AvgIpc) is 2.24. The van der Waals surface area contributed by atoms with Gasteiger partial charge in [0.15, 0.2) is 0 Å². The molecule has 17 heavy (non-hydrogen) atoms. The molecule has 0 aliphatic heterocycles. The lowest BCUT2D eigenvalue weighted by Gasteiger charge is -2.27. The molecule has 4 N–H and O–H groups in total. The first-order valence-electron chi connectivity index (χ1n) is 6.02. The number of nitrogens with one attached hydrogen (secondary N) is 1. The van der Waals surface area contributed by atoms with Crippen LogP contribution in [-0.2, 0) is 9.59 Å². The van der Waals surface area contributed by atoms with E-state index in [1.165, 1.54) is 6.92 Å². The summed E-state index contributed by atoms with van der Waals surface area (Å²) < 4.78 is 0. The Kier molecular flexibility index (Phi) is 6.16. The maximum absolute atomic E-state index is 11.9. The minimum Gasteiger partial charge on any atom is -0.480 e. The van der Waals surface area contributed by atoms with Gasteiger partial charge in [-0.2, -0.15) is 0 Å². The molecule has 0 spiro atoms. The highest BCUT2D eigenvalue weighted by molar-refractivity contribution is 5.87. The van der Waals surface area contributed by atoms with E-state index in [9.17, 15) is 9.59 Å². The molecule has 0 saturated carbocycles. The summed E-state index contributed by atoms with van der Waals surface area (Å²) in [5.41, 5.74) is 4.34. The quantitative estimate of drug-likeness (QED) is 0.622. The van der Waals surface area contributed by atoms with Crippen molar-refractivity contribution >= 4 is 11.9 Å². The van der Waals surface area contributed by atoms with Crippen molar-refractivity contribution in [3.63, 3.8) is 0 Å². The fourth-order valence-electron chi connectivity index (χ4n) is 1.55. The third kappa shape index (κ3) is 4.73. The van der Waals surface area contributed by atoms with E-state index < -0.39 is 11.5 Å². The SMILES string of the molecule is CCC(C)(NC(=O)C(CN)CC(C)C)C(=O)O. The van der Waals surface area contributed by atoms with Gasteiger partial charge in [0.25, 0.3) is 0 Å². The second kappa shape index (κ2) is 6.59. The Balaban J connectivity index is 4.64. The number of amides is 1. The van der Waals surface area contributed by atoms with Crippen LogP contribution in [-0.4, -0.2) is 29.1 Å². The summed E-state index contributed by atoms with van der Waals surface area (Å²) in [5, 5.41) is 11.7. The molecule has 0 aromatic rings. The first-order valence-corrected chi connectivity index (χ1v) is 6.02. The zero-order valence-electron chi connectivity index (χ0n) is 11.1. The summed E-state index contributed by atoms with van der Waals surface area (Å²) in [5.74, 6) is -1.26. The molecule has 0 rings (SSSR count). The lowest BCUT2D eigenvalue weighted by atomic mass is 9.93. The van der Waals surface area contributed by atoms with Gasteiger partial charge < -0.3 is 16.2 Å². The monoisotopic (exact) mass is 244 g/mol. The van der Waals surface area contributed by atoms with E-state index in [0.29, 0.717) is 18.8 Å². The van der Waals surface area contributed by atoms with Crippen molar-refractivity contribution in [1.29, 1.82) is 0 Å². The molecule has 2 atom stereocenters. The summed E-state index contributed by atoms with van der Waals surface area (Å²) in [6.45, 7) is 7.49. The van der Waals surface area contributed by atoms with E-state index in [-0.39, 0.29) is 18.4 Å². The number of carboxylic acids is 1. The van der Waals surface area contributed by atoms with Crippen molar-refractivity contribution in [3.8, 4) is 0 Å². The highest BCUT2D eigenvalue weighted by atomic mass is 16.4. The number of nitrogens with two attached hydrogens (primary N) is 1. The number of carboxylic acid groups (broad SMARTS) is 1. The Bertz CT molecular complexity index is 279. The fourth-order valence-corrected chi connectivity index (χ4v) is 1.55. The van der Waals surface area contributed by atoms with Gasteiger partial charge in [-0.25, -0.2) is 4.79 Å². The van der Waals surface area contributed by atoms with Crippen LogP contribution in [0.4, 0.5) is 0 Å². The predicted octanol–water partition coefficient (Wildman–Crippen LogP) is 0.977. The van der Waals surface area contributed by atoms with Crippen LogP contribution in [0.25, 0.3) is 0 Å². The maximum atomic E-state index is 11.9. The first-order chi connectivity index (χ1) is 7.76. The Morgan fingerprint density at radius 3 is 2.24 bits per heavy atom. The molecule has 1 amide bonds. The number of aliphatic carboxylic acids is 1. The molecule has 0 radical (unpaired) electrons. The molecule has 5 heteroatoms. The largest absolute Gasteiger partial charge is 0.480 e. The lowest BCUT2D eigenvalue weighted by molar-refractivity contribution is -0.147. The average molecular weight is 244 g/mol. The Hall–Kier alpha value is -1.10. The first kappa shape index (κ1) is 15.9. The summed E-state index contributed by atoms with van der Waals surface area (Å²) in [6.07, 6.45) is 1.01. The van der Waals surface area contributed by atoms with Gasteiger partial charge in [-0.05, 0) is 25.7 Å². The van der Waals surface area contributed by atoms with Crippen LogP contribution in [0.3, 0.4) is 0 Å². The van der Waals surface area contributed by atoms with Crippen molar-refractivity contribution in [1.82, 2.24) is 5.32 Å². The van der Waals surface area contributed by atoms with Gasteiger partial charge >= 0.3 is 5.97 Å². The fraction of sp³-hybridized carbons (Fsp3) is 0.833. The summed E-state index contributed by atoms with van der Waals surface area (Å²) in [7, 11) is 0. The molecular weight excluding hydrogens is 220 g/mol. The molecule has 0 aliphatic rings. The van der Waals surface area contributed by atoms with E-state index in [4.69, 9.17) is 10.8 Å². The van der Waals surface area contributed by atoms with Gasteiger partial charge in [0, 0.05) is 6.54 Å². The number of rotatable bonds is 7. The maximum Gasteiger partial charge on any atom is 0.329 e. The number of carbonyl (C=O) groups excluding carboxylic acids is 1. The Labute approximate surface area is 103 Å². The topological polar surface area (TPSA) is 92.4 Å². The minimum atomic E-state index is -1.21. The molecule has 0 aliphatic carbocycles. The molecule has 0 fully saturated rings. The van der Waals surface area contributed by atoms with E-state index in [2.05, 4.69) is 5.32 Å². The van der Waals surface area contributed by atoms with Crippen LogP contribution in [0.5, 0.6) is 0 Å². The van der Waals surface area contributed by atoms with Crippen LogP contribution in [0.1, 0.15) is 40.5 Å². The van der Waals surface area contributed by atoms with Gasteiger partial charge in [-0.15, -0.1) is 0 Å². The van der Waals surface area contributed by atoms with Crippen LogP contribution in [0.15, 0.2) is 0 Å². The third-order valence-corrected chi connectivity index (χ3v) is 2.99. The van der Waals surface area contributed by atoms with Gasteiger partial charge in [0.2, 0.25) is 5.91 Å². The van der Waals surface area contributed by atoms with Gasteiger partial charge in [0.1, 0.15) is 5.54 Å². The van der Waals surface area contributed by atoms with Crippen molar-refractivity contribution in [2.75, 3.05) is 6.54 Å². The van der Waals surface area contributed by atoms with Crippen LogP contribution in [0.2, 0.25) is 0 Å². The van der Waals surface area contributed by atoms with E-state index in [1.54, 1.807) is 6.92 Å². The minimum absolute atomic E-state index is 0.240. The second-order valence-corrected chi connectivity index (χ2v) is 5.04. The van der Waals surface area contributed by atoms with Crippen LogP contribution in [0, 0.1) is 11.8 Å². The standard InChI is InChI=1S/C12H24N2O3/c1-5-12(4,11(16)17)14-10(15)9(7-13)6-8(2)3/h8-9H,5-7,13H2,1-4H3,(H,14,15)(H,16,17). The van der Waals surface area contributed by atoms with Crippen molar-refractivity contribution in [3.05, 3.63) is 0 Å². The molecule has 5 nitrogen and oxygen atoms in total. The van der Waals surface area contributed by atoms with Crippen molar-refractivity contribution < 1.29 is 14.7 Å². The zero-order chi connectivity index (χ0) is 13.6. The Morgan fingerprint density at radius 2 is 1.94 bits per heavy atom. The Morgan fingerprint density at radius 1 is 1.41 bits per heavy atom. The number of hydrogen-bond acceptors (Lipinski definition) is 3. The third-order valence-electron chi connectivity index (χ3n) is 2.99. The smallest absolute Gasteiger partial charge is 0.329 e. The molecule has 0 heterocycles. The molecule has 0 saturated heterocycles. The lowest BCUT2D eigenvalue weighted by Crippen LogP contribution is -2.54. The number of carbonyl (C=O) groups is 2. The molecule has 2 unspecified atom stereocenters. The van der Waals surface area contributed by atoms with Crippen LogP contribution < -0.4 is 11.1 Å². The van der Waals surface area contributed by atoms with Gasteiger partial charge in [0.05, 0.1) is 5.92 Å². The van der Waals surface area contributed by atoms with E-state index in [1.807, 2.05) is 13.8 Å². The summed E-state index contributed by atoms with van der Waals surface area (Å²) in [4.78, 5) is 23.0. The van der Waals surface area contributed by atoms with Crippen LogP contribution >= 0.6 is 0 Å². The van der Waals surface area contributed by atoms with E-state index >= 15 is 0 Å². The normalized spacial score (nSPS) is 16.4. The number of hydrogen-bond donors (Lipinski definition) is 3. The zero-order valence-corrected chi connectivity index (χ0v) is 11.1.